The highest BCUT2D eigenvalue weighted by Crippen LogP contribution is 2.41. The fraction of sp³-hybridized carbons (Fsp3) is 0.250. The smallest absolute Gasteiger partial charge is 0.252 e. The number of carbonyl (C=O) groups excluding carboxylic acids is 1. The molecule has 0 fully saturated rings. The van der Waals surface area contributed by atoms with E-state index >= 15 is 0 Å². The van der Waals surface area contributed by atoms with E-state index in [-0.39, 0.29) is 11.9 Å². The van der Waals surface area contributed by atoms with Gasteiger partial charge in [-0.1, -0.05) is 42.5 Å². The number of aromatic nitrogens is 1. The van der Waals surface area contributed by atoms with Gasteiger partial charge in [0.25, 0.3) is 5.91 Å². The van der Waals surface area contributed by atoms with Gasteiger partial charge in [0.2, 0.25) is 0 Å². The van der Waals surface area contributed by atoms with Gasteiger partial charge >= 0.3 is 0 Å². The first-order chi connectivity index (χ1) is 11.7. The second kappa shape index (κ2) is 4.95. The summed E-state index contributed by atoms with van der Waals surface area (Å²) in [5.41, 5.74) is 5.84. The Bertz CT molecular complexity index is 958. The maximum absolute atomic E-state index is 12.9. The molecule has 0 saturated carbocycles. The molecule has 0 saturated heterocycles. The maximum atomic E-state index is 12.9. The number of hydrogen-bond acceptors (Lipinski definition) is 2. The van der Waals surface area contributed by atoms with E-state index in [2.05, 4.69) is 27.9 Å². The second-order valence-corrected chi connectivity index (χ2v) is 6.79. The zero-order valence-corrected chi connectivity index (χ0v) is 13.6. The van der Waals surface area contributed by atoms with Crippen molar-refractivity contribution in [2.45, 2.75) is 19.0 Å². The minimum absolute atomic E-state index is 0.0542. The van der Waals surface area contributed by atoms with Crippen LogP contribution in [0.3, 0.4) is 0 Å². The highest BCUT2D eigenvalue weighted by molar-refractivity contribution is 6.08. The zero-order chi connectivity index (χ0) is 16.3. The summed E-state index contributed by atoms with van der Waals surface area (Å²) in [4.78, 5) is 15.3. The van der Waals surface area contributed by atoms with Crippen molar-refractivity contribution in [3.8, 4) is 0 Å². The molecule has 2 aromatic carbocycles. The molecule has 1 atom stereocenters. The molecule has 5 rings (SSSR count). The molecule has 1 aromatic heterocycles. The van der Waals surface area contributed by atoms with Crippen LogP contribution in [0, 0.1) is 0 Å². The molecule has 1 amide bonds. The average molecular weight is 317 g/mol. The number of benzene rings is 2. The lowest BCUT2D eigenvalue weighted by Crippen LogP contribution is -2.34. The molecule has 3 heterocycles. The third-order valence-electron chi connectivity index (χ3n) is 5.28. The summed E-state index contributed by atoms with van der Waals surface area (Å²) in [6, 6.07) is 16.1. The van der Waals surface area contributed by atoms with Crippen molar-refractivity contribution in [3.05, 3.63) is 65.4 Å². The lowest BCUT2D eigenvalue weighted by molar-refractivity contribution is -0.118. The highest BCUT2D eigenvalue weighted by Gasteiger charge is 2.35. The normalized spacial score (nSPS) is 20.0. The van der Waals surface area contributed by atoms with Crippen molar-refractivity contribution in [1.29, 1.82) is 0 Å². The SMILES string of the molecule is CN1CCc2c(c3cccc4c3n2C(c2ccccc2)C(=O)N4)C1. The Balaban J connectivity index is 1.85. The van der Waals surface area contributed by atoms with E-state index in [0.29, 0.717) is 0 Å². The van der Waals surface area contributed by atoms with Gasteiger partial charge in [-0.3, -0.25) is 4.79 Å². The minimum atomic E-state index is -0.282. The number of rotatable bonds is 1. The Labute approximate surface area is 140 Å². The Kier molecular flexibility index (Phi) is 2.85. The Morgan fingerprint density at radius 2 is 1.92 bits per heavy atom. The number of likely N-dealkylation sites (N-methyl/N-ethyl adjacent to an activating group) is 1. The van der Waals surface area contributed by atoms with Crippen molar-refractivity contribution in [2.24, 2.45) is 0 Å². The molecule has 3 aromatic rings. The fourth-order valence-corrected chi connectivity index (χ4v) is 4.22. The van der Waals surface area contributed by atoms with Crippen LogP contribution in [0.25, 0.3) is 10.9 Å². The van der Waals surface area contributed by atoms with Crippen LogP contribution in [0.15, 0.2) is 48.5 Å². The van der Waals surface area contributed by atoms with E-state index in [0.717, 1.165) is 30.8 Å². The molecule has 1 N–H and O–H groups in total. The van der Waals surface area contributed by atoms with Gasteiger partial charge in [0.15, 0.2) is 0 Å². The first kappa shape index (κ1) is 13.8. The Morgan fingerprint density at radius 1 is 1.08 bits per heavy atom. The van der Waals surface area contributed by atoms with Crippen LogP contribution >= 0.6 is 0 Å². The molecule has 2 aliphatic rings. The summed E-state index contributed by atoms with van der Waals surface area (Å²) in [6.07, 6.45) is 0.983. The van der Waals surface area contributed by atoms with E-state index in [4.69, 9.17) is 0 Å². The van der Waals surface area contributed by atoms with Crippen molar-refractivity contribution in [2.75, 3.05) is 18.9 Å². The summed E-state index contributed by atoms with van der Waals surface area (Å²) in [5.74, 6) is 0.0542. The van der Waals surface area contributed by atoms with Crippen LogP contribution in [-0.4, -0.2) is 29.0 Å². The number of amides is 1. The molecule has 0 spiro atoms. The van der Waals surface area contributed by atoms with E-state index < -0.39 is 0 Å². The predicted molar refractivity (Wildman–Crippen MR) is 95.2 cm³/mol. The molecular formula is C20H19N3O. The van der Waals surface area contributed by atoms with Crippen LogP contribution in [0.4, 0.5) is 5.69 Å². The number of para-hydroxylation sites is 1. The number of fused-ring (bicyclic) bond motifs is 3. The third kappa shape index (κ3) is 1.80. The van der Waals surface area contributed by atoms with Crippen molar-refractivity contribution in [1.82, 2.24) is 9.47 Å². The predicted octanol–water partition coefficient (Wildman–Crippen LogP) is 3.17. The van der Waals surface area contributed by atoms with Crippen LogP contribution in [-0.2, 0) is 17.8 Å². The molecular weight excluding hydrogens is 298 g/mol. The summed E-state index contributed by atoms with van der Waals surface area (Å²) in [7, 11) is 2.16. The number of nitrogens with one attached hydrogen (secondary N) is 1. The average Bonchev–Trinajstić information content (AvgIpc) is 2.91. The van der Waals surface area contributed by atoms with Crippen LogP contribution in [0.1, 0.15) is 22.9 Å². The van der Waals surface area contributed by atoms with Gasteiger partial charge in [-0.05, 0) is 24.2 Å². The molecule has 0 radical (unpaired) electrons. The minimum Gasteiger partial charge on any atom is -0.326 e. The molecule has 120 valence electrons. The van der Waals surface area contributed by atoms with Gasteiger partial charge in [0.1, 0.15) is 6.04 Å². The monoisotopic (exact) mass is 317 g/mol. The quantitative estimate of drug-likeness (QED) is 0.748. The van der Waals surface area contributed by atoms with Gasteiger partial charge in [-0.2, -0.15) is 0 Å². The molecule has 4 nitrogen and oxygen atoms in total. The van der Waals surface area contributed by atoms with Gasteiger partial charge in [-0.25, -0.2) is 0 Å². The third-order valence-corrected chi connectivity index (χ3v) is 5.28. The summed E-state index contributed by atoms with van der Waals surface area (Å²) in [6.45, 7) is 1.97. The second-order valence-electron chi connectivity index (χ2n) is 6.79. The zero-order valence-electron chi connectivity index (χ0n) is 13.6. The van der Waals surface area contributed by atoms with E-state index in [9.17, 15) is 4.79 Å². The molecule has 24 heavy (non-hydrogen) atoms. The summed E-state index contributed by atoms with van der Waals surface area (Å²) in [5, 5.41) is 4.39. The number of hydrogen-bond donors (Lipinski definition) is 1. The Morgan fingerprint density at radius 3 is 2.75 bits per heavy atom. The van der Waals surface area contributed by atoms with Crippen molar-refractivity contribution >= 4 is 22.5 Å². The summed E-state index contributed by atoms with van der Waals surface area (Å²) < 4.78 is 2.29. The van der Waals surface area contributed by atoms with Crippen molar-refractivity contribution in [3.63, 3.8) is 0 Å². The topological polar surface area (TPSA) is 37.3 Å². The largest absolute Gasteiger partial charge is 0.326 e. The highest BCUT2D eigenvalue weighted by atomic mass is 16.2. The lowest BCUT2D eigenvalue weighted by Gasteiger charge is -2.30. The van der Waals surface area contributed by atoms with Gasteiger partial charge in [0.05, 0.1) is 11.2 Å². The van der Waals surface area contributed by atoms with E-state index in [1.165, 1.54) is 22.2 Å². The molecule has 2 aliphatic heterocycles. The van der Waals surface area contributed by atoms with E-state index in [1.54, 1.807) is 0 Å². The lowest BCUT2D eigenvalue weighted by atomic mass is 10.0. The van der Waals surface area contributed by atoms with Crippen molar-refractivity contribution < 1.29 is 4.79 Å². The van der Waals surface area contributed by atoms with E-state index in [1.807, 2.05) is 42.5 Å². The Hall–Kier alpha value is -2.59. The van der Waals surface area contributed by atoms with Crippen LogP contribution in [0.2, 0.25) is 0 Å². The molecule has 0 bridgehead atoms. The first-order valence-corrected chi connectivity index (χ1v) is 8.43. The van der Waals surface area contributed by atoms with Gasteiger partial charge in [-0.15, -0.1) is 0 Å². The molecule has 4 heteroatoms. The summed E-state index contributed by atoms with van der Waals surface area (Å²) >= 11 is 0. The molecule has 0 aliphatic carbocycles. The fourth-order valence-electron chi connectivity index (χ4n) is 4.22. The standard InChI is InChI=1S/C20H19N3O/c1-22-11-10-17-15(12-22)14-8-5-9-16-19(14)23(17)18(20(24)21-16)13-6-3-2-4-7-13/h2-9,18H,10-12H2,1H3,(H,21,24). The first-order valence-electron chi connectivity index (χ1n) is 8.43. The number of nitrogens with zero attached hydrogens (tertiary/aromatic N) is 2. The van der Waals surface area contributed by atoms with Crippen LogP contribution < -0.4 is 5.32 Å². The van der Waals surface area contributed by atoms with Crippen LogP contribution in [0.5, 0.6) is 0 Å². The molecule has 1 unspecified atom stereocenters. The van der Waals surface area contributed by atoms with Gasteiger partial charge < -0.3 is 14.8 Å². The van der Waals surface area contributed by atoms with Gasteiger partial charge in [0, 0.05) is 30.6 Å². The number of anilines is 1. The number of carbonyl (C=O) groups is 1. The maximum Gasteiger partial charge on any atom is 0.252 e.